The first-order chi connectivity index (χ1) is 11.0. The normalized spacial score (nSPS) is 11.8. The Hall–Kier alpha value is -1.89. The highest BCUT2D eigenvalue weighted by molar-refractivity contribution is 7.82. The molecule has 2 aromatic rings. The van der Waals surface area contributed by atoms with Gasteiger partial charge in [-0.15, -0.1) is 0 Å². The maximum Gasteiger partial charge on any atom is 0.255 e. The van der Waals surface area contributed by atoms with Crippen molar-refractivity contribution in [2.45, 2.75) is 11.3 Å². The SMILES string of the molecule is COc1ccc(Cl)cc1C(=O)NCCc1ccc([S@@](N)=O)cc1. The molecular weight excluding hydrogens is 336 g/mol. The molecule has 0 heterocycles. The second-order valence-corrected chi connectivity index (χ2v) is 6.29. The molecule has 0 aromatic heterocycles. The molecule has 0 unspecified atom stereocenters. The molecule has 0 bridgehead atoms. The lowest BCUT2D eigenvalue weighted by Gasteiger charge is -2.10. The van der Waals surface area contributed by atoms with E-state index in [1.54, 1.807) is 30.3 Å². The molecule has 0 fully saturated rings. The van der Waals surface area contributed by atoms with Crippen molar-refractivity contribution in [2.75, 3.05) is 13.7 Å². The van der Waals surface area contributed by atoms with E-state index in [0.717, 1.165) is 5.56 Å². The Morgan fingerprint density at radius 1 is 1.26 bits per heavy atom. The third kappa shape index (κ3) is 4.79. The van der Waals surface area contributed by atoms with Crippen molar-refractivity contribution >= 4 is 28.5 Å². The fourth-order valence-electron chi connectivity index (χ4n) is 2.06. The van der Waals surface area contributed by atoms with Gasteiger partial charge in [0.1, 0.15) is 16.7 Å². The quantitative estimate of drug-likeness (QED) is 0.837. The molecule has 0 spiro atoms. The topological polar surface area (TPSA) is 81.4 Å². The number of amides is 1. The van der Waals surface area contributed by atoms with Gasteiger partial charge in [0.15, 0.2) is 0 Å². The number of carbonyl (C=O) groups excluding carboxylic acids is 1. The van der Waals surface area contributed by atoms with Crippen LogP contribution in [0.3, 0.4) is 0 Å². The lowest BCUT2D eigenvalue weighted by Crippen LogP contribution is -2.26. The summed E-state index contributed by atoms with van der Waals surface area (Å²) in [4.78, 5) is 12.8. The van der Waals surface area contributed by atoms with Gasteiger partial charge in [-0.25, -0.2) is 9.35 Å². The average Bonchev–Trinajstić information content (AvgIpc) is 2.55. The number of methoxy groups -OCH3 is 1. The van der Waals surface area contributed by atoms with Crippen LogP contribution in [-0.4, -0.2) is 23.8 Å². The van der Waals surface area contributed by atoms with Crippen molar-refractivity contribution in [1.82, 2.24) is 5.32 Å². The van der Waals surface area contributed by atoms with Crippen LogP contribution in [0, 0.1) is 0 Å². The number of nitrogens with one attached hydrogen (secondary N) is 1. The fraction of sp³-hybridized carbons (Fsp3) is 0.188. The number of benzene rings is 2. The van der Waals surface area contributed by atoms with Crippen LogP contribution in [-0.2, 0) is 17.4 Å². The van der Waals surface area contributed by atoms with Gasteiger partial charge in [0.05, 0.1) is 17.6 Å². The van der Waals surface area contributed by atoms with Crippen molar-refractivity contribution < 1.29 is 13.7 Å². The van der Waals surface area contributed by atoms with Crippen LogP contribution in [0.1, 0.15) is 15.9 Å². The van der Waals surface area contributed by atoms with Gasteiger partial charge in [-0.05, 0) is 42.3 Å². The average molecular weight is 353 g/mol. The van der Waals surface area contributed by atoms with Gasteiger partial charge in [-0.1, -0.05) is 23.7 Å². The van der Waals surface area contributed by atoms with E-state index in [1.807, 2.05) is 12.1 Å². The largest absolute Gasteiger partial charge is 0.496 e. The van der Waals surface area contributed by atoms with E-state index in [2.05, 4.69) is 5.32 Å². The molecule has 0 aliphatic heterocycles. The number of ether oxygens (including phenoxy) is 1. The number of halogens is 1. The predicted molar refractivity (Wildman–Crippen MR) is 91.1 cm³/mol. The summed E-state index contributed by atoms with van der Waals surface area (Å²) in [6, 6.07) is 12.0. The summed E-state index contributed by atoms with van der Waals surface area (Å²) in [6.45, 7) is 0.458. The number of hydrogen-bond donors (Lipinski definition) is 2. The molecule has 5 nitrogen and oxygen atoms in total. The van der Waals surface area contributed by atoms with E-state index in [-0.39, 0.29) is 5.91 Å². The van der Waals surface area contributed by atoms with Crippen molar-refractivity contribution in [3.8, 4) is 5.75 Å². The Bertz CT molecular complexity index is 720. The van der Waals surface area contributed by atoms with E-state index >= 15 is 0 Å². The molecule has 23 heavy (non-hydrogen) atoms. The summed E-state index contributed by atoms with van der Waals surface area (Å²) in [5, 5.41) is 8.60. The number of rotatable bonds is 6. The van der Waals surface area contributed by atoms with Crippen LogP contribution in [0.25, 0.3) is 0 Å². The van der Waals surface area contributed by atoms with Gasteiger partial charge in [0.2, 0.25) is 0 Å². The number of carbonyl (C=O) groups is 1. The van der Waals surface area contributed by atoms with Crippen molar-refractivity contribution in [3.63, 3.8) is 0 Å². The minimum Gasteiger partial charge on any atom is -0.496 e. The maximum atomic E-state index is 12.2. The third-order valence-electron chi connectivity index (χ3n) is 3.26. The zero-order valence-corrected chi connectivity index (χ0v) is 14.1. The highest BCUT2D eigenvalue weighted by Gasteiger charge is 2.12. The second kappa shape index (κ2) is 8.10. The van der Waals surface area contributed by atoms with E-state index in [0.29, 0.717) is 34.2 Å². The molecule has 0 radical (unpaired) electrons. The third-order valence-corrected chi connectivity index (χ3v) is 4.23. The van der Waals surface area contributed by atoms with Crippen LogP contribution >= 0.6 is 11.6 Å². The van der Waals surface area contributed by atoms with Crippen molar-refractivity contribution in [2.24, 2.45) is 5.14 Å². The van der Waals surface area contributed by atoms with Gasteiger partial charge >= 0.3 is 0 Å². The lowest BCUT2D eigenvalue weighted by molar-refractivity contribution is 0.0951. The first kappa shape index (κ1) is 17.5. The molecule has 3 N–H and O–H groups in total. The van der Waals surface area contributed by atoms with E-state index in [4.69, 9.17) is 21.5 Å². The molecule has 0 saturated carbocycles. The summed E-state index contributed by atoms with van der Waals surface area (Å²) in [5.74, 6) is 0.228. The van der Waals surface area contributed by atoms with E-state index < -0.39 is 11.0 Å². The van der Waals surface area contributed by atoms with Gasteiger partial charge in [-0.2, -0.15) is 0 Å². The smallest absolute Gasteiger partial charge is 0.255 e. The van der Waals surface area contributed by atoms with Crippen molar-refractivity contribution in [3.05, 3.63) is 58.6 Å². The van der Waals surface area contributed by atoms with Gasteiger partial charge < -0.3 is 10.1 Å². The highest BCUT2D eigenvalue weighted by atomic mass is 35.5. The van der Waals surface area contributed by atoms with E-state index in [1.165, 1.54) is 7.11 Å². The molecule has 1 atom stereocenters. The summed E-state index contributed by atoms with van der Waals surface area (Å²) < 4.78 is 16.3. The molecule has 7 heteroatoms. The molecule has 0 saturated heterocycles. The Balaban J connectivity index is 1.94. The Kier molecular flexibility index (Phi) is 6.15. The summed E-state index contributed by atoms with van der Waals surface area (Å²) in [5.41, 5.74) is 1.41. The van der Waals surface area contributed by atoms with Crippen LogP contribution in [0.4, 0.5) is 0 Å². The highest BCUT2D eigenvalue weighted by Crippen LogP contribution is 2.22. The molecule has 0 aliphatic rings. The Labute approximate surface area is 142 Å². The van der Waals surface area contributed by atoms with Crippen LogP contribution in [0.5, 0.6) is 5.75 Å². The molecule has 122 valence electrons. The molecular formula is C16H17ClN2O3S. The summed E-state index contributed by atoms with van der Waals surface area (Å²) in [6.07, 6.45) is 0.645. The molecule has 2 aromatic carbocycles. The fourth-order valence-corrected chi connectivity index (χ4v) is 2.64. The van der Waals surface area contributed by atoms with Crippen molar-refractivity contribution in [1.29, 1.82) is 0 Å². The monoisotopic (exact) mass is 352 g/mol. The summed E-state index contributed by atoms with van der Waals surface area (Å²) >= 11 is 5.92. The standard InChI is InChI=1S/C16H17ClN2O3S/c1-22-15-7-4-12(17)10-14(15)16(20)19-9-8-11-2-5-13(6-3-11)23(18)21/h2-7,10H,8-9,18H2,1H3,(H,19,20)/t23-/m0/s1. The minimum atomic E-state index is -1.48. The van der Waals surface area contributed by atoms with Gasteiger partial charge in [0, 0.05) is 11.6 Å². The van der Waals surface area contributed by atoms with Crippen LogP contribution < -0.4 is 15.2 Å². The minimum absolute atomic E-state index is 0.246. The first-order valence-corrected chi connectivity index (χ1v) is 8.47. The number of hydrogen-bond acceptors (Lipinski definition) is 3. The molecule has 1 amide bonds. The van der Waals surface area contributed by atoms with E-state index in [9.17, 15) is 9.00 Å². The molecule has 0 aliphatic carbocycles. The first-order valence-electron chi connectivity index (χ1n) is 6.88. The molecule has 2 rings (SSSR count). The second-order valence-electron chi connectivity index (χ2n) is 4.79. The van der Waals surface area contributed by atoms with Crippen LogP contribution in [0.15, 0.2) is 47.4 Å². The Morgan fingerprint density at radius 3 is 2.57 bits per heavy atom. The van der Waals surface area contributed by atoms with Gasteiger partial charge in [-0.3, -0.25) is 4.79 Å². The zero-order valence-electron chi connectivity index (χ0n) is 12.5. The van der Waals surface area contributed by atoms with Gasteiger partial charge in [0.25, 0.3) is 5.91 Å². The lowest BCUT2D eigenvalue weighted by atomic mass is 10.1. The number of nitrogens with two attached hydrogens (primary N) is 1. The van der Waals surface area contributed by atoms with Crippen LogP contribution in [0.2, 0.25) is 5.02 Å². The summed E-state index contributed by atoms with van der Waals surface area (Å²) in [7, 11) is 0.0256. The maximum absolute atomic E-state index is 12.2. The predicted octanol–water partition coefficient (Wildman–Crippen LogP) is 2.30. The zero-order chi connectivity index (χ0) is 16.8. The Morgan fingerprint density at radius 2 is 1.96 bits per heavy atom.